The highest BCUT2D eigenvalue weighted by Gasteiger charge is 2.33. The highest BCUT2D eigenvalue weighted by Crippen LogP contribution is 2.28. The molecule has 1 fully saturated rings. The highest BCUT2D eigenvalue weighted by molar-refractivity contribution is 5.88. The molecule has 150 valence electrons. The van der Waals surface area contributed by atoms with Crippen molar-refractivity contribution in [1.29, 1.82) is 0 Å². The number of carbonyl (C=O) groups is 2. The van der Waals surface area contributed by atoms with Crippen LogP contribution in [0, 0.1) is 5.41 Å². The van der Waals surface area contributed by atoms with Gasteiger partial charge < -0.3 is 20.1 Å². The van der Waals surface area contributed by atoms with Crippen LogP contribution in [0.25, 0.3) is 0 Å². The van der Waals surface area contributed by atoms with Crippen LogP contribution in [0.5, 0.6) is 11.5 Å². The second-order valence-electron chi connectivity index (χ2n) is 7.96. The molecule has 7 heteroatoms. The average Bonchev–Trinajstić information content (AvgIpc) is 2.61. The standard InChI is InChI=1S/C20H31N3O4/c1-20(2,3)13-23-10-9-21-19(25)15(23)11-18(24)22-12-14-16(26-4)7-6-8-17(14)27-5/h6-8,15H,9-13H2,1-5H3,(H,21,25)(H,22,24). The molecule has 2 rings (SSSR count). The SMILES string of the molecule is COc1cccc(OC)c1CNC(=O)CC1C(=O)NCCN1CC(C)(C)C. The number of ether oxygens (including phenoxy) is 2. The van der Waals surface area contributed by atoms with Crippen molar-refractivity contribution in [2.24, 2.45) is 5.41 Å². The topological polar surface area (TPSA) is 79.9 Å². The zero-order valence-corrected chi connectivity index (χ0v) is 16.9. The molecule has 0 radical (unpaired) electrons. The zero-order chi connectivity index (χ0) is 20.0. The Morgan fingerprint density at radius 1 is 1.26 bits per heavy atom. The fourth-order valence-corrected chi connectivity index (χ4v) is 3.32. The Hall–Kier alpha value is -2.28. The van der Waals surface area contributed by atoms with Crippen molar-refractivity contribution in [3.05, 3.63) is 23.8 Å². The number of hydrogen-bond donors (Lipinski definition) is 2. The lowest BCUT2D eigenvalue weighted by Crippen LogP contribution is -2.58. The molecule has 1 aromatic carbocycles. The Morgan fingerprint density at radius 3 is 2.44 bits per heavy atom. The predicted molar refractivity (Wildman–Crippen MR) is 104 cm³/mol. The van der Waals surface area contributed by atoms with Gasteiger partial charge in [0.1, 0.15) is 11.5 Å². The van der Waals surface area contributed by atoms with Crippen molar-refractivity contribution < 1.29 is 19.1 Å². The van der Waals surface area contributed by atoms with Gasteiger partial charge in [-0.15, -0.1) is 0 Å². The lowest BCUT2D eigenvalue weighted by Gasteiger charge is -2.38. The van der Waals surface area contributed by atoms with Gasteiger partial charge in [-0.05, 0) is 17.5 Å². The molecule has 27 heavy (non-hydrogen) atoms. The van der Waals surface area contributed by atoms with Crippen LogP contribution in [-0.2, 0) is 16.1 Å². The van der Waals surface area contributed by atoms with E-state index in [1.54, 1.807) is 14.2 Å². The largest absolute Gasteiger partial charge is 0.496 e. The molecule has 0 aliphatic carbocycles. The lowest BCUT2D eigenvalue weighted by atomic mass is 9.94. The van der Waals surface area contributed by atoms with Crippen molar-refractivity contribution in [2.45, 2.75) is 39.8 Å². The van der Waals surface area contributed by atoms with Gasteiger partial charge in [-0.2, -0.15) is 0 Å². The van der Waals surface area contributed by atoms with Gasteiger partial charge in [0.15, 0.2) is 0 Å². The maximum atomic E-state index is 12.5. The third-order valence-electron chi connectivity index (χ3n) is 4.49. The van der Waals surface area contributed by atoms with Gasteiger partial charge in [0.2, 0.25) is 11.8 Å². The molecule has 1 aliphatic rings. The van der Waals surface area contributed by atoms with Gasteiger partial charge >= 0.3 is 0 Å². The smallest absolute Gasteiger partial charge is 0.237 e. The molecule has 1 aromatic rings. The number of carbonyl (C=O) groups excluding carboxylic acids is 2. The Bertz CT molecular complexity index is 647. The minimum absolute atomic E-state index is 0.0527. The summed E-state index contributed by atoms with van der Waals surface area (Å²) in [6, 6.07) is 5.03. The molecule has 0 aromatic heterocycles. The van der Waals surface area contributed by atoms with Crippen molar-refractivity contribution >= 4 is 11.8 Å². The summed E-state index contributed by atoms with van der Waals surface area (Å²) in [6.07, 6.45) is 0.124. The van der Waals surface area contributed by atoms with Crippen LogP contribution in [0.3, 0.4) is 0 Å². The number of rotatable bonds is 7. The van der Waals surface area contributed by atoms with Crippen molar-refractivity contribution in [3.63, 3.8) is 0 Å². The summed E-state index contributed by atoms with van der Waals surface area (Å²) in [5, 5.41) is 5.76. The Labute approximate surface area is 161 Å². The molecule has 0 bridgehead atoms. The molecule has 0 spiro atoms. The van der Waals surface area contributed by atoms with Crippen molar-refractivity contribution in [1.82, 2.24) is 15.5 Å². The van der Waals surface area contributed by atoms with E-state index in [0.29, 0.717) is 18.0 Å². The van der Waals surface area contributed by atoms with Crippen LogP contribution in [0.2, 0.25) is 0 Å². The average molecular weight is 377 g/mol. The van der Waals surface area contributed by atoms with Gasteiger partial charge in [0.05, 0.1) is 38.8 Å². The van der Waals surface area contributed by atoms with Gasteiger partial charge in [-0.25, -0.2) is 0 Å². The van der Waals surface area contributed by atoms with E-state index in [1.807, 2.05) is 18.2 Å². The predicted octanol–water partition coefficient (Wildman–Crippen LogP) is 1.56. The van der Waals surface area contributed by atoms with Gasteiger partial charge in [-0.1, -0.05) is 26.8 Å². The van der Waals surface area contributed by atoms with Gasteiger partial charge in [-0.3, -0.25) is 14.5 Å². The van der Waals surface area contributed by atoms with E-state index < -0.39 is 6.04 Å². The Morgan fingerprint density at radius 2 is 1.89 bits per heavy atom. The quantitative estimate of drug-likeness (QED) is 0.754. The number of methoxy groups -OCH3 is 2. The Kier molecular flexibility index (Phi) is 7.07. The highest BCUT2D eigenvalue weighted by atomic mass is 16.5. The molecule has 1 aliphatic heterocycles. The molecule has 1 saturated heterocycles. The molecule has 1 atom stereocenters. The van der Waals surface area contributed by atoms with E-state index in [0.717, 1.165) is 18.7 Å². The fraction of sp³-hybridized carbons (Fsp3) is 0.600. The monoisotopic (exact) mass is 377 g/mol. The van der Waals surface area contributed by atoms with Crippen LogP contribution in [-0.4, -0.2) is 56.6 Å². The van der Waals surface area contributed by atoms with Crippen LogP contribution in [0.15, 0.2) is 18.2 Å². The van der Waals surface area contributed by atoms with E-state index in [4.69, 9.17) is 9.47 Å². The number of amides is 2. The van der Waals surface area contributed by atoms with Crippen LogP contribution < -0.4 is 20.1 Å². The summed E-state index contributed by atoms with van der Waals surface area (Å²) in [4.78, 5) is 27.0. The molecule has 1 heterocycles. The molecular formula is C20H31N3O4. The first-order valence-corrected chi connectivity index (χ1v) is 9.23. The number of hydrogen-bond acceptors (Lipinski definition) is 5. The minimum Gasteiger partial charge on any atom is -0.496 e. The molecular weight excluding hydrogens is 346 g/mol. The lowest BCUT2D eigenvalue weighted by molar-refractivity contribution is -0.134. The summed E-state index contributed by atoms with van der Waals surface area (Å²) in [7, 11) is 3.16. The van der Waals surface area contributed by atoms with Crippen LogP contribution >= 0.6 is 0 Å². The molecule has 0 saturated carbocycles. The van der Waals surface area contributed by atoms with E-state index in [9.17, 15) is 9.59 Å². The van der Waals surface area contributed by atoms with E-state index in [1.165, 1.54) is 0 Å². The van der Waals surface area contributed by atoms with Crippen molar-refractivity contribution in [2.75, 3.05) is 33.9 Å². The molecule has 1 unspecified atom stereocenters. The summed E-state index contributed by atoms with van der Waals surface area (Å²) in [5.74, 6) is 1.04. The number of nitrogens with zero attached hydrogens (tertiary/aromatic N) is 1. The fourth-order valence-electron chi connectivity index (χ4n) is 3.32. The maximum Gasteiger partial charge on any atom is 0.237 e. The van der Waals surface area contributed by atoms with E-state index in [-0.39, 0.29) is 30.2 Å². The van der Waals surface area contributed by atoms with Crippen LogP contribution in [0.4, 0.5) is 0 Å². The second-order valence-corrected chi connectivity index (χ2v) is 7.96. The number of piperazine rings is 1. The normalized spacial score (nSPS) is 18.0. The first-order chi connectivity index (χ1) is 12.7. The first kappa shape index (κ1) is 21.0. The Balaban J connectivity index is 2.03. The van der Waals surface area contributed by atoms with Gasteiger partial charge in [0, 0.05) is 19.6 Å². The molecule has 2 amide bonds. The number of benzene rings is 1. The maximum absolute atomic E-state index is 12.5. The van der Waals surface area contributed by atoms with Gasteiger partial charge in [0.25, 0.3) is 0 Å². The van der Waals surface area contributed by atoms with E-state index >= 15 is 0 Å². The summed E-state index contributed by atoms with van der Waals surface area (Å²) in [5.41, 5.74) is 0.826. The first-order valence-electron chi connectivity index (χ1n) is 9.23. The summed E-state index contributed by atoms with van der Waals surface area (Å²) < 4.78 is 10.7. The molecule has 7 nitrogen and oxygen atoms in total. The summed E-state index contributed by atoms with van der Waals surface area (Å²) in [6.45, 7) is 8.80. The van der Waals surface area contributed by atoms with Crippen LogP contribution in [0.1, 0.15) is 32.8 Å². The zero-order valence-electron chi connectivity index (χ0n) is 16.9. The third kappa shape index (κ3) is 5.85. The second kappa shape index (κ2) is 9.08. The molecule has 2 N–H and O–H groups in total. The number of nitrogens with one attached hydrogen (secondary N) is 2. The minimum atomic E-state index is -0.447. The summed E-state index contributed by atoms with van der Waals surface area (Å²) >= 11 is 0. The van der Waals surface area contributed by atoms with E-state index in [2.05, 4.69) is 36.3 Å². The van der Waals surface area contributed by atoms with Crippen molar-refractivity contribution in [3.8, 4) is 11.5 Å². The third-order valence-corrected chi connectivity index (χ3v) is 4.49.